The second-order valence-electron chi connectivity index (χ2n) is 4.53. The quantitative estimate of drug-likeness (QED) is 0.813. The van der Waals surface area contributed by atoms with Gasteiger partial charge in [-0.25, -0.2) is 14.3 Å². The highest BCUT2D eigenvalue weighted by Gasteiger charge is 2.18. The van der Waals surface area contributed by atoms with Crippen LogP contribution in [-0.2, 0) is 15.3 Å². The Morgan fingerprint density at radius 1 is 1.47 bits per heavy atom. The number of rotatable bonds is 2. The molecule has 1 aromatic rings. The summed E-state index contributed by atoms with van der Waals surface area (Å²) in [4.78, 5) is 26.4. The largest absolute Gasteiger partial charge is 0.443 e. The summed E-state index contributed by atoms with van der Waals surface area (Å²) in [5.41, 5.74) is 0.145. The number of ether oxygens (including phenoxy) is 1. The van der Waals surface area contributed by atoms with E-state index in [0.717, 1.165) is 11.8 Å². The molecule has 0 N–H and O–H groups in total. The highest BCUT2D eigenvalue weighted by molar-refractivity contribution is 8.12. The minimum absolute atomic E-state index is 0.0248. The Balaban J connectivity index is 2.61. The first-order valence-electron chi connectivity index (χ1n) is 5.17. The van der Waals surface area contributed by atoms with Gasteiger partial charge in [0.05, 0.1) is 5.69 Å². The van der Waals surface area contributed by atoms with Crippen molar-refractivity contribution in [3.8, 4) is 0 Å². The molecular weight excluding hydrogens is 240 g/mol. The zero-order chi connectivity index (χ0) is 13.1. The summed E-state index contributed by atoms with van der Waals surface area (Å²) in [6.45, 7) is 6.90. The zero-order valence-electron chi connectivity index (χ0n) is 10.4. The minimum atomic E-state index is -0.532. The Bertz CT molecular complexity index is 421. The Hall–Kier alpha value is -1.30. The van der Waals surface area contributed by atoms with E-state index in [4.69, 9.17) is 4.74 Å². The van der Waals surface area contributed by atoms with E-state index in [2.05, 4.69) is 4.98 Å². The van der Waals surface area contributed by atoms with Gasteiger partial charge in [0, 0.05) is 18.9 Å². The number of hydrogen-bond donors (Lipinski definition) is 0. The number of aromatic nitrogens is 2. The molecule has 1 rings (SSSR count). The van der Waals surface area contributed by atoms with Gasteiger partial charge in [0.1, 0.15) is 11.9 Å². The lowest BCUT2D eigenvalue weighted by molar-refractivity contribution is -0.109. The summed E-state index contributed by atoms with van der Waals surface area (Å²) in [5, 5.41) is 0.0248. The molecule has 6 heteroatoms. The van der Waals surface area contributed by atoms with Gasteiger partial charge in [0.15, 0.2) is 5.12 Å². The molecule has 1 aromatic heterocycles. The van der Waals surface area contributed by atoms with Crippen LogP contribution in [0.4, 0.5) is 4.79 Å². The van der Waals surface area contributed by atoms with Gasteiger partial charge in [-0.05, 0) is 20.8 Å². The van der Waals surface area contributed by atoms with Crippen LogP contribution in [-0.4, -0.2) is 26.4 Å². The van der Waals surface area contributed by atoms with E-state index in [1.807, 2.05) is 0 Å². The van der Waals surface area contributed by atoms with E-state index < -0.39 is 11.7 Å². The summed E-state index contributed by atoms with van der Waals surface area (Å²) >= 11 is 1.16. The van der Waals surface area contributed by atoms with Crippen LogP contribution in [0.5, 0.6) is 0 Å². The first kappa shape index (κ1) is 13.8. The smallest absolute Gasteiger partial charge is 0.419 e. The van der Waals surface area contributed by atoms with E-state index in [-0.39, 0.29) is 5.12 Å². The van der Waals surface area contributed by atoms with Crippen molar-refractivity contribution in [3.05, 3.63) is 18.2 Å². The molecule has 0 spiro atoms. The van der Waals surface area contributed by atoms with Gasteiger partial charge >= 0.3 is 6.09 Å². The van der Waals surface area contributed by atoms with Gasteiger partial charge < -0.3 is 4.74 Å². The fourth-order valence-corrected chi connectivity index (χ4v) is 1.53. The predicted octanol–water partition coefficient (Wildman–Crippen LogP) is 2.45. The third-order valence-electron chi connectivity index (χ3n) is 1.66. The van der Waals surface area contributed by atoms with Crippen molar-refractivity contribution in [2.45, 2.75) is 39.0 Å². The molecule has 5 nitrogen and oxygen atoms in total. The molecule has 0 amide bonds. The Kier molecular flexibility index (Phi) is 4.34. The Labute approximate surface area is 105 Å². The molecule has 0 saturated carbocycles. The van der Waals surface area contributed by atoms with Crippen LogP contribution < -0.4 is 0 Å². The van der Waals surface area contributed by atoms with Crippen LogP contribution >= 0.6 is 11.8 Å². The van der Waals surface area contributed by atoms with Crippen LogP contribution in [0.15, 0.2) is 12.5 Å². The van der Waals surface area contributed by atoms with Gasteiger partial charge in [0.2, 0.25) is 0 Å². The molecule has 0 bridgehead atoms. The normalized spacial score (nSPS) is 11.3. The van der Waals surface area contributed by atoms with Gasteiger partial charge in [-0.15, -0.1) is 0 Å². The first-order chi connectivity index (χ1) is 7.78. The zero-order valence-corrected chi connectivity index (χ0v) is 11.2. The van der Waals surface area contributed by atoms with Crippen LogP contribution in [0.1, 0.15) is 33.4 Å². The minimum Gasteiger partial charge on any atom is -0.443 e. The van der Waals surface area contributed by atoms with Gasteiger partial charge in [-0.3, -0.25) is 4.79 Å². The molecule has 0 aliphatic carbocycles. The Morgan fingerprint density at radius 3 is 2.65 bits per heavy atom. The highest BCUT2D eigenvalue weighted by atomic mass is 32.2. The summed E-state index contributed by atoms with van der Waals surface area (Å²) in [7, 11) is 0. The molecule has 0 atom stereocenters. The number of carbonyl (C=O) groups excluding carboxylic acids is 2. The van der Waals surface area contributed by atoms with Crippen molar-refractivity contribution >= 4 is 23.0 Å². The summed E-state index contributed by atoms with van der Waals surface area (Å²) in [6.07, 6.45) is 2.50. The summed E-state index contributed by atoms with van der Waals surface area (Å²) < 4.78 is 6.45. The molecule has 0 aliphatic heterocycles. The fraction of sp³-hybridized carbons (Fsp3) is 0.545. The first-order valence-corrected chi connectivity index (χ1v) is 6.16. The maximum atomic E-state index is 11.6. The summed E-state index contributed by atoms with van der Waals surface area (Å²) in [5.74, 6) is 0.463. The van der Waals surface area contributed by atoms with E-state index >= 15 is 0 Å². The fourth-order valence-electron chi connectivity index (χ4n) is 1.03. The van der Waals surface area contributed by atoms with Crippen LogP contribution in [0, 0.1) is 0 Å². The Morgan fingerprint density at radius 2 is 2.12 bits per heavy atom. The van der Waals surface area contributed by atoms with Gasteiger partial charge in [-0.1, -0.05) is 11.8 Å². The molecule has 0 saturated heterocycles. The molecule has 0 unspecified atom stereocenters. The van der Waals surface area contributed by atoms with E-state index in [1.165, 1.54) is 17.8 Å². The third-order valence-corrected chi connectivity index (χ3v) is 2.51. The van der Waals surface area contributed by atoms with Gasteiger partial charge in [-0.2, -0.15) is 0 Å². The van der Waals surface area contributed by atoms with Crippen LogP contribution in [0.3, 0.4) is 0 Å². The molecule has 17 heavy (non-hydrogen) atoms. The highest BCUT2D eigenvalue weighted by Crippen LogP contribution is 2.12. The number of thioether (sulfide) groups is 1. The third kappa shape index (κ3) is 5.04. The van der Waals surface area contributed by atoms with Gasteiger partial charge in [0.25, 0.3) is 0 Å². The standard InChI is InChI=1S/C11H16N2O3S/c1-8(14)17-6-9-5-13(7-12-9)10(15)16-11(2,3)4/h5,7H,6H2,1-4H3. The SMILES string of the molecule is CC(=O)SCc1cn(C(=O)OC(C)(C)C)cn1. The average molecular weight is 256 g/mol. The molecular formula is C11H16N2O3S. The molecule has 0 aromatic carbocycles. The lowest BCUT2D eigenvalue weighted by Gasteiger charge is -2.19. The number of hydrogen-bond acceptors (Lipinski definition) is 5. The van der Waals surface area contributed by atoms with E-state index in [9.17, 15) is 9.59 Å². The van der Waals surface area contributed by atoms with Crippen molar-refractivity contribution in [1.29, 1.82) is 0 Å². The topological polar surface area (TPSA) is 61.2 Å². The number of carbonyl (C=O) groups is 2. The van der Waals surface area contributed by atoms with Crippen molar-refractivity contribution in [2.75, 3.05) is 0 Å². The maximum Gasteiger partial charge on any atom is 0.419 e. The second-order valence-corrected chi connectivity index (χ2v) is 5.69. The van der Waals surface area contributed by atoms with Crippen molar-refractivity contribution < 1.29 is 14.3 Å². The molecule has 0 radical (unpaired) electrons. The number of nitrogens with zero attached hydrogens (tertiary/aromatic N) is 2. The average Bonchev–Trinajstić information content (AvgIpc) is 2.60. The van der Waals surface area contributed by atoms with Crippen LogP contribution in [0.2, 0.25) is 0 Å². The second kappa shape index (κ2) is 5.35. The van der Waals surface area contributed by atoms with Crippen molar-refractivity contribution in [2.24, 2.45) is 0 Å². The maximum absolute atomic E-state index is 11.6. The number of imidazole rings is 1. The molecule has 0 fully saturated rings. The lowest BCUT2D eigenvalue weighted by atomic mass is 10.2. The molecule has 1 heterocycles. The van der Waals surface area contributed by atoms with Crippen molar-refractivity contribution in [1.82, 2.24) is 9.55 Å². The molecule has 94 valence electrons. The predicted molar refractivity (Wildman–Crippen MR) is 65.8 cm³/mol. The van der Waals surface area contributed by atoms with E-state index in [1.54, 1.807) is 27.0 Å². The molecule has 0 aliphatic rings. The lowest BCUT2D eigenvalue weighted by Crippen LogP contribution is -2.26. The van der Waals surface area contributed by atoms with Crippen molar-refractivity contribution in [3.63, 3.8) is 0 Å². The summed E-state index contributed by atoms with van der Waals surface area (Å²) in [6, 6.07) is 0. The monoisotopic (exact) mass is 256 g/mol. The van der Waals surface area contributed by atoms with E-state index in [0.29, 0.717) is 11.4 Å². The van der Waals surface area contributed by atoms with Crippen LogP contribution in [0.25, 0.3) is 0 Å².